The lowest BCUT2D eigenvalue weighted by Gasteiger charge is -2.20. The number of carbonyl (C=O) groups is 1. The van der Waals surface area contributed by atoms with E-state index in [-0.39, 0.29) is 36.0 Å². The van der Waals surface area contributed by atoms with Crippen LogP contribution in [0.4, 0.5) is 4.39 Å². The summed E-state index contributed by atoms with van der Waals surface area (Å²) >= 11 is 0. The fourth-order valence-corrected chi connectivity index (χ4v) is 4.62. The molecule has 3 aromatic rings. The number of carboxylic acid groups (broad SMARTS) is 1. The summed E-state index contributed by atoms with van der Waals surface area (Å²) in [6.07, 6.45) is 1.19. The molecule has 4 N–H and O–H groups in total. The summed E-state index contributed by atoms with van der Waals surface area (Å²) in [6, 6.07) is 8.81. The van der Waals surface area contributed by atoms with Gasteiger partial charge in [0.1, 0.15) is 11.3 Å². The van der Waals surface area contributed by atoms with Crippen molar-refractivity contribution in [2.24, 2.45) is 5.73 Å². The first-order valence-corrected chi connectivity index (χ1v) is 11.2. The fraction of sp³-hybridized carbons (Fsp3) is 0.286. The Hall–Kier alpha value is -2.86. The van der Waals surface area contributed by atoms with Crippen LogP contribution < -0.4 is 10.5 Å². The standard InChI is InChI=1S/C21H24FN5O4S.ClH/c1-21(2,3)25-32(30,31)16-6-4-5-13(9-16)17-10-14(20(28)29)11-18-19(17)24-26-27(18)12-15(22)7-8-23;/h4-7,9-11,25H,8,12,23H2,1-3H3,(H,28,29);1H/b15-7-;. The third kappa shape index (κ3) is 6.14. The number of nitrogens with one attached hydrogen (secondary N) is 1. The van der Waals surface area contributed by atoms with Crippen molar-refractivity contribution in [2.45, 2.75) is 37.8 Å². The topological polar surface area (TPSA) is 140 Å². The summed E-state index contributed by atoms with van der Waals surface area (Å²) in [7, 11) is -3.82. The molecule has 9 nitrogen and oxygen atoms in total. The molecule has 0 spiro atoms. The Bertz CT molecular complexity index is 1320. The van der Waals surface area contributed by atoms with Crippen molar-refractivity contribution in [1.82, 2.24) is 19.7 Å². The summed E-state index contributed by atoms with van der Waals surface area (Å²) in [5.41, 5.74) is 5.97. The van der Waals surface area contributed by atoms with Gasteiger partial charge >= 0.3 is 5.97 Å². The van der Waals surface area contributed by atoms with Crippen molar-refractivity contribution in [3.8, 4) is 11.1 Å². The lowest BCUT2D eigenvalue weighted by atomic mass is 10.0. The van der Waals surface area contributed by atoms with Gasteiger partial charge in [0.2, 0.25) is 10.0 Å². The molecule has 0 saturated carbocycles. The Balaban J connectivity index is 0.00000385. The number of nitrogens with two attached hydrogens (primary N) is 1. The molecule has 0 aliphatic carbocycles. The fourth-order valence-electron chi connectivity index (χ4n) is 3.16. The lowest BCUT2D eigenvalue weighted by molar-refractivity contribution is 0.0697. The van der Waals surface area contributed by atoms with Gasteiger partial charge in [0.15, 0.2) is 0 Å². The van der Waals surface area contributed by atoms with Crippen LogP contribution in [0.1, 0.15) is 31.1 Å². The molecule has 0 aliphatic heterocycles. The molecule has 0 aliphatic rings. The highest BCUT2D eigenvalue weighted by Crippen LogP contribution is 2.31. The first kappa shape index (κ1) is 26.4. The summed E-state index contributed by atoms with van der Waals surface area (Å²) in [5.74, 6) is -1.74. The molecule has 178 valence electrons. The third-order valence-corrected chi connectivity index (χ3v) is 6.16. The summed E-state index contributed by atoms with van der Waals surface area (Å²) in [6.45, 7) is 4.93. The highest BCUT2D eigenvalue weighted by atomic mass is 35.5. The Morgan fingerprint density at radius 2 is 1.97 bits per heavy atom. The summed E-state index contributed by atoms with van der Waals surface area (Å²) < 4.78 is 43.3. The Labute approximate surface area is 196 Å². The van der Waals surface area contributed by atoms with Gasteiger partial charge < -0.3 is 10.8 Å². The zero-order chi connectivity index (χ0) is 23.7. The number of halogens is 2. The number of hydrogen-bond acceptors (Lipinski definition) is 6. The average Bonchev–Trinajstić information content (AvgIpc) is 3.08. The molecular formula is C21H25ClFN5O4S. The van der Waals surface area contributed by atoms with Crippen molar-refractivity contribution >= 4 is 39.4 Å². The first-order chi connectivity index (χ1) is 14.9. The van der Waals surface area contributed by atoms with Gasteiger partial charge in [0.05, 0.1) is 22.5 Å². The van der Waals surface area contributed by atoms with E-state index in [1.807, 2.05) is 0 Å². The molecule has 0 atom stereocenters. The minimum atomic E-state index is -3.82. The van der Waals surface area contributed by atoms with E-state index in [0.29, 0.717) is 22.2 Å². The number of aromatic nitrogens is 3. The molecule has 1 heterocycles. The van der Waals surface area contributed by atoms with Crippen LogP contribution in [-0.4, -0.2) is 46.6 Å². The van der Waals surface area contributed by atoms with Gasteiger partial charge in [-0.1, -0.05) is 17.3 Å². The number of rotatable bonds is 7. The largest absolute Gasteiger partial charge is 0.478 e. The summed E-state index contributed by atoms with van der Waals surface area (Å²) in [4.78, 5) is 11.7. The number of fused-ring (bicyclic) bond motifs is 1. The second-order valence-electron chi connectivity index (χ2n) is 8.21. The normalized spacial score (nSPS) is 12.6. The van der Waals surface area contributed by atoms with Gasteiger partial charge in [-0.15, -0.1) is 17.5 Å². The average molecular weight is 498 g/mol. The molecule has 1 aromatic heterocycles. The Kier molecular flexibility index (Phi) is 7.96. The highest BCUT2D eigenvalue weighted by molar-refractivity contribution is 7.89. The third-order valence-electron chi connectivity index (χ3n) is 4.40. The van der Waals surface area contributed by atoms with Crippen LogP contribution in [0.3, 0.4) is 0 Å². The predicted molar refractivity (Wildman–Crippen MR) is 125 cm³/mol. The maximum absolute atomic E-state index is 14.0. The second-order valence-corrected chi connectivity index (χ2v) is 9.90. The maximum atomic E-state index is 14.0. The minimum absolute atomic E-state index is 0. The van der Waals surface area contributed by atoms with Crippen LogP contribution in [0.5, 0.6) is 0 Å². The van der Waals surface area contributed by atoms with Crippen LogP contribution in [-0.2, 0) is 16.6 Å². The first-order valence-electron chi connectivity index (χ1n) is 9.71. The van der Waals surface area contributed by atoms with E-state index >= 15 is 0 Å². The van der Waals surface area contributed by atoms with Crippen LogP contribution in [0, 0.1) is 0 Å². The number of benzene rings is 2. The van der Waals surface area contributed by atoms with Gasteiger partial charge in [0, 0.05) is 17.6 Å². The van der Waals surface area contributed by atoms with Gasteiger partial charge in [-0.3, -0.25) is 0 Å². The zero-order valence-electron chi connectivity index (χ0n) is 18.2. The lowest BCUT2D eigenvalue weighted by Crippen LogP contribution is -2.40. The van der Waals surface area contributed by atoms with E-state index in [1.165, 1.54) is 35.0 Å². The van der Waals surface area contributed by atoms with Crippen molar-refractivity contribution in [1.29, 1.82) is 0 Å². The highest BCUT2D eigenvalue weighted by Gasteiger charge is 2.23. The number of carboxylic acids is 1. The molecule has 33 heavy (non-hydrogen) atoms. The van der Waals surface area contributed by atoms with E-state index in [2.05, 4.69) is 15.0 Å². The van der Waals surface area contributed by atoms with Crippen LogP contribution in [0.15, 0.2) is 53.2 Å². The van der Waals surface area contributed by atoms with Gasteiger partial charge in [-0.2, -0.15) is 0 Å². The van der Waals surface area contributed by atoms with Crippen molar-refractivity contribution < 1.29 is 22.7 Å². The Morgan fingerprint density at radius 1 is 1.27 bits per heavy atom. The van der Waals surface area contributed by atoms with Gasteiger partial charge in [0.25, 0.3) is 0 Å². The molecule has 0 amide bonds. The van der Waals surface area contributed by atoms with Crippen LogP contribution >= 0.6 is 12.4 Å². The number of allylic oxidation sites excluding steroid dienone is 1. The van der Waals surface area contributed by atoms with E-state index < -0.39 is 27.4 Å². The van der Waals surface area contributed by atoms with Crippen LogP contribution in [0.25, 0.3) is 22.2 Å². The molecule has 2 aromatic carbocycles. The smallest absolute Gasteiger partial charge is 0.335 e. The molecule has 0 bridgehead atoms. The van der Waals surface area contributed by atoms with Crippen molar-refractivity contribution in [2.75, 3.05) is 6.54 Å². The monoisotopic (exact) mass is 497 g/mol. The van der Waals surface area contributed by atoms with E-state index in [0.717, 1.165) is 0 Å². The number of nitrogens with zero attached hydrogens (tertiary/aromatic N) is 3. The molecule has 3 rings (SSSR count). The second kappa shape index (κ2) is 9.96. The predicted octanol–water partition coefficient (Wildman–Crippen LogP) is 3.11. The van der Waals surface area contributed by atoms with E-state index in [9.17, 15) is 22.7 Å². The SMILES string of the molecule is CC(C)(C)NS(=O)(=O)c1cccc(-c2cc(C(=O)O)cc3c2nnn3C/C(F)=C/CN)c1.Cl. The number of sulfonamides is 1. The maximum Gasteiger partial charge on any atom is 0.335 e. The number of hydrogen-bond donors (Lipinski definition) is 3. The van der Waals surface area contributed by atoms with E-state index in [1.54, 1.807) is 32.9 Å². The molecule has 0 unspecified atom stereocenters. The number of aromatic carboxylic acids is 1. The van der Waals surface area contributed by atoms with Crippen molar-refractivity contribution in [3.05, 3.63) is 53.9 Å². The van der Waals surface area contributed by atoms with Gasteiger partial charge in [-0.25, -0.2) is 27.0 Å². The summed E-state index contributed by atoms with van der Waals surface area (Å²) in [5, 5.41) is 17.6. The van der Waals surface area contributed by atoms with E-state index in [4.69, 9.17) is 5.73 Å². The molecule has 0 saturated heterocycles. The van der Waals surface area contributed by atoms with Gasteiger partial charge in [-0.05, 0) is 56.7 Å². The molecule has 12 heteroatoms. The zero-order valence-corrected chi connectivity index (χ0v) is 19.9. The van der Waals surface area contributed by atoms with Crippen LogP contribution in [0.2, 0.25) is 0 Å². The molecular weight excluding hydrogens is 473 g/mol. The Morgan fingerprint density at radius 3 is 2.58 bits per heavy atom. The van der Waals surface area contributed by atoms with Crippen molar-refractivity contribution in [3.63, 3.8) is 0 Å². The molecule has 0 radical (unpaired) electrons. The quantitative estimate of drug-likeness (QED) is 0.455. The molecule has 0 fully saturated rings. The minimum Gasteiger partial charge on any atom is -0.478 e.